The number of aliphatic imine (C=N–C) groups is 1. The van der Waals surface area contributed by atoms with Crippen LogP contribution in [0, 0.1) is 0 Å². The van der Waals surface area contributed by atoms with Crippen LogP contribution in [0.4, 0.5) is 13.2 Å². The van der Waals surface area contributed by atoms with E-state index in [4.69, 9.17) is 5.84 Å². The van der Waals surface area contributed by atoms with Crippen molar-refractivity contribution in [1.29, 1.82) is 0 Å². The number of alkyl halides is 3. The van der Waals surface area contributed by atoms with E-state index >= 15 is 0 Å². The molecule has 0 heterocycles. The predicted octanol–water partition coefficient (Wildman–Crippen LogP) is 1.63. The van der Waals surface area contributed by atoms with Gasteiger partial charge in [-0.1, -0.05) is 13.3 Å². The maximum absolute atomic E-state index is 12.4. The third-order valence-corrected chi connectivity index (χ3v) is 2.51. The van der Waals surface area contributed by atoms with E-state index in [9.17, 15) is 13.2 Å². The standard InChI is InChI=1S/C10H19F3N4/c1-2-3-6-15-9(16-14)17(8-4-5-8)7-10(11,12)13/h8H,2-7,14H2,1H3,(H,15,16). The topological polar surface area (TPSA) is 53.6 Å². The smallest absolute Gasteiger partial charge is 0.330 e. The van der Waals surface area contributed by atoms with Gasteiger partial charge in [0.1, 0.15) is 6.54 Å². The molecule has 0 spiro atoms. The fourth-order valence-electron chi connectivity index (χ4n) is 1.52. The Kier molecular flexibility index (Phi) is 5.04. The summed E-state index contributed by atoms with van der Waals surface area (Å²) < 4.78 is 37.2. The van der Waals surface area contributed by atoms with Crippen LogP contribution in [0.2, 0.25) is 0 Å². The second-order valence-electron chi connectivity index (χ2n) is 4.18. The van der Waals surface area contributed by atoms with E-state index in [0.717, 1.165) is 25.7 Å². The first kappa shape index (κ1) is 14.1. The fraction of sp³-hybridized carbons (Fsp3) is 0.900. The number of nitrogens with zero attached hydrogens (tertiary/aromatic N) is 2. The Hall–Kier alpha value is -0.980. The first-order chi connectivity index (χ1) is 7.98. The van der Waals surface area contributed by atoms with Gasteiger partial charge >= 0.3 is 6.18 Å². The lowest BCUT2D eigenvalue weighted by Gasteiger charge is -2.26. The number of guanidine groups is 1. The number of nitrogens with two attached hydrogens (primary N) is 1. The van der Waals surface area contributed by atoms with Crippen molar-refractivity contribution in [2.45, 2.75) is 44.8 Å². The molecule has 0 aliphatic heterocycles. The number of nitrogens with one attached hydrogen (secondary N) is 1. The largest absolute Gasteiger partial charge is 0.406 e. The van der Waals surface area contributed by atoms with E-state index in [1.807, 2.05) is 6.92 Å². The molecular formula is C10H19F3N4. The summed E-state index contributed by atoms with van der Waals surface area (Å²) in [5, 5.41) is 0. The average molecular weight is 252 g/mol. The van der Waals surface area contributed by atoms with Crippen molar-refractivity contribution < 1.29 is 13.2 Å². The van der Waals surface area contributed by atoms with Gasteiger partial charge in [0.2, 0.25) is 5.96 Å². The van der Waals surface area contributed by atoms with E-state index < -0.39 is 12.7 Å². The Labute approximate surface area is 99.0 Å². The van der Waals surface area contributed by atoms with E-state index in [1.54, 1.807) is 0 Å². The first-order valence-corrected chi connectivity index (χ1v) is 5.82. The summed E-state index contributed by atoms with van der Waals surface area (Å²) in [6.45, 7) is 1.50. The molecule has 4 nitrogen and oxygen atoms in total. The SMILES string of the molecule is CCCCN=C(NN)N(CC(F)(F)F)C1CC1. The lowest BCUT2D eigenvalue weighted by atomic mass is 10.3. The van der Waals surface area contributed by atoms with Crippen molar-refractivity contribution in [2.75, 3.05) is 13.1 Å². The van der Waals surface area contributed by atoms with Gasteiger partial charge in [0.15, 0.2) is 0 Å². The minimum absolute atomic E-state index is 0.0759. The highest BCUT2D eigenvalue weighted by molar-refractivity contribution is 5.80. The molecule has 0 bridgehead atoms. The van der Waals surface area contributed by atoms with E-state index in [0.29, 0.717) is 6.54 Å². The average Bonchev–Trinajstić information content (AvgIpc) is 3.04. The molecule has 3 N–H and O–H groups in total. The van der Waals surface area contributed by atoms with E-state index in [-0.39, 0.29) is 12.0 Å². The van der Waals surface area contributed by atoms with Crippen molar-refractivity contribution in [1.82, 2.24) is 10.3 Å². The van der Waals surface area contributed by atoms with Crippen LogP contribution in [0.15, 0.2) is 4.99 Å². The monoisotopic (exact) mass is 252 g/mol. The Balaban J connectivity index is 2.62. The third kappa shape index (κ3) is 5.25. The minimum Gasteiger partial charge on any atom is -0.330 e. The highest BCUT2D eigenvalue weighted by Gasteiger charge is 2.39. The summed E-state index contributed by atoms with van der Waals surface area (Å²) in [6, 6.07) is -0.0759. The maximum atomic E-state index is 12.4. The Bertz CT molecular complexity index is 261. The highest BCUT2D eigenvalue weighted by atomic mass is 19.4. The van der Waals surface area contributed by atoms with Crippen LogP contribution in [0.25, 0.3) is 0 Å². The molecule has 1 aliphatic rings. The van der Waals surface area contributed by atoms with Gasteiger partial charge in [-0.2, -0.15) is 13.2 Å². The van der Waals surface area contributed by atoms with Crippen LogP contribution in [0.5, 0.6) is 0 Å². The van der Waals surface area contributed by atoms with Crippen molar-refractivity contribution in [3.63, 3.8) is 0 Å². The number of hydrazine groups is 1. The van der Waals surface area contributed by atoms with Crippen LogP contribution in [-0.4, -0.2) is 36.2 Å². The van der Waals surface area contributed by atoms with Gasteiger partial charge in [-0.15, -0.1) is 0 Å². The van der Waals surface area contributed by atoms with Crippen LogP contribution < -0.4 is 11.3 Å². The Morgan fingerprint density at radius 2 is 2.12 bits per heavy atom. The number of hydrogen-bond donors (Lipinski definition) is 2. The molecule has 17 heavy (non-hydrogen) atoms. The van der Waals surface area contributed by atoms with Crippen LogP contribution in [0.1, 0.15) is 32.6 Å². The second kappa shape index (κ2) is 6.09. The summed E-state index contributed by atoms with van der Waals surface area (Å²) in [6.07, 6.45) is -0.903. The van der Waals surface area contributed by atoms with Gasteiger partial charge in [0.25, 0.3) is 0 Å². The molecule has 0 amide bonds. The van der Waals surface area contributed by atoms with E-state index in [2.05, 4.69) is 10.4 Å². The fourth-order valence-corrected chi connectivity index (χ4v) is 1.52. The molecule has 1 aliphatic carbocycles. The molecular weight excluding hydrogens is 233 g/mol. The molecule has 1 fully saturated rings. The molecule has 0 atom stereocenters. The van der Waals surface area contributed by atoms with Gasteiger partial charge in [0.05, 0.1) is 0 Å². The van der Waals surface area contributed by atoms with Crippen molar-refractivity contribution in [2.24, 2.45) is 10.8 Å². The van der Waals surface area contributed by atoms with Gasteiger partial charge in [-0.3, -0.25) is 10.4 Å². The van der Waals surface area contributed by atoms with Gasteiger partial charge in [-0.05, 0) is 19.3 Å². The normalized spacial score (nSPS) is 17.1. The second-order valence-corrected chi connectivity index (χ2v) is 4.18. The Morgan fingerprint density at radius 3 is 2.53 bits per heavy atom. The van der Waals surface area contributed by atoms with Crippen LogP contribution in [0.3, 0.4) is 0 Å². The summed E-state index contributed by atoms with van der Waals surface area (Å²) >= 11 is 0. The zero-order chi connectivity index (χ0) is 12.9. The molecule has 100 valence electrons. The van der Waals surface area contributed by atoms with Crippen LogP contribution in [-0.2, 0) is 0 Å². The van der Waals surface area contributed by atoms with Gasteiger partial charge in [0, 0.05) is 12.6 Å². The summed E-state index contributed by atoms with van der Waals surface area (Å²) in [5.74, 6) is 5.40. The molecule has 0 aromatic carbocycles. The molecule has 0 aromatic heterocycles. The summed E-state index contributed by atoms with van der Waals surface area (Å²) in [5.41, 5.74) is 2.28. The molecule has 7 heteroatoms. The maximum Gasteiger partial charge on any atom is 0.406 e. The zero-order valence-corrected chi connectivity index (χ0v) is 9.93. The molecule has 0 unspecified atom stereocenters. The highest BCUT2D eigenvalue weighted by Crippen LogP contribution is 2.30. The predicted molar refractivity (Wildman–Crippen MR) is 60.3 cm³/mol. The Morgan fingerprint density at radius 1 is 1.47 bits per heavy atom. The lowest BCUT2D eigenvalue weighted by molar-refractivity contribution is -0.139. The number of hydrogen-bond acceptors (Lipinski definition) is 2. The molecule has 1 saturated carbocycles. The molecule has 1 rings (SSSR count). The van der Waals surface area contributed by atoms with Gasteiger partial charge in [-0.25, -0.2) is 5.84 Å². The summed E-state index contributed by atoms with van der Waals surface area (Å²) in [4.78, 5) is 5.30. The van der Waals surface area contributed by atoms with Crippen molar-refractivity contribution in [3.8, 4) is 0 Å². The minimum atomic E-state index is -4.23. The molecule has 0 aromatic rings. The molecule has 0 saturated heterocycles. The van der Waals surface area contributed by atoms with Crippen molar-refractivity contribution in [3.05, 3.63) is 0 Å². The third-order valence-electron chi connectivity index (χ3n) is 2.51. The van der Waals surface area contributed by atoms with E-state index in [1.165, 1.54) is 4.90 Å². The lowest BCUT2D eigenvalue weighted by Crippen LogP contribution is -2.49. The number of halogens is 3. The quantitative estimate of drug-likeness (QED) is 0.257. The summed E-state index contributed by atoms with van der Waals surface area (Å²) in [7, 11) is 0. The molecule has 0 radical (unpaired) electrons. The van der Waals surface area contributed by atoms with Crippen molar-refractivity contribution >= 4 is 5.96 Å². The number of rotatable bonds is 5. The first-order valence-electron chi connectivity index (χ1n) is 5.82. The zero-order valence-electron chi connectivity index (χ0n) is 9.93. The number of unbranched alkanes of at least 4 members (excludes halogenated alkanes) is 1. The van der Waals surface area contributed by atoms with Gasteiger partial charge < -0.3 is 4.90 Å². The van der Waals surface area contributed by atoms with Crippen LogP contribution >= 0.6 is 0 Å².